The lowest BCUT2D eigenvalue weighted by Crippen LogP contribution is -2.19. The van der Waals surface area contributed by atoms with E-state index in [2.05, 4.69) is 36.5 Å². The second kappa shape index (κ2) is 4.61. The summed E-state index contributed by atoms with van der Waals surface area (Å²) in [6.07, 6.45) is 4.05. The van der Waals surface area contributed by atoms with E-state index < -0.39 is 0 Å². The summed E-state index contributed by atoms with van der Waals surface area (Å²) in [6.45, 7) is 4.50. The zero-order valence-electron chi connectivity index (χ0n) is 8.92. The first-order valence-corrected chi connectivity index (χ1v) is 5.63. The molecular weight excluding hydrogens is 170 g/mol. The quantitative estimate of drug-likeness (QED) is 0.716. The molecule has 2 rings (SSSR count). The van der Waals surface area contributed by atoms with Crippen molar-refractivity contribution in [2.45, 2.75) is 32.1 Å². The molecular formula is C13H19N. The van der Waals surface area contributed by atoms with Crippen molar-refractivity contribution in [1.82, 2.24) is 5.32 Å². The molecule has 1 atom stereocenters. The van der Waals surface area contributed by atoms with Gasteiger partial charge in [0.25, 0.3) is 0 Å². The molecule has 1 aromatic carbocycles. The Morgan fingerprint density at radius 2 is 1.93 bits per heavy atom. The van der Waals surface area contributed by atoms with Crippen LogP contribution in [0.3, 0.4) is 0 Å². The number of aryl methyl sites for hydroxylation is 1. The predicted molar refractivity (Wildman–Crippen MR) is 60.6 cm³/mol. The smallest absolute Gasteiger partial charge is 0.00201 e. The van der Waals surface area contributed by atoms with Crippen molar-refractivity contribution < 1.29 is 0 Å². The average molecular weight is 189 g/mol. The summed E-state index contributed by atoms with van der Waals surface area (Å²) in [7, 11) is 0. The SMILES string of the molecule is Cc1ccc([C@@H]2CCCCNC2)cc1. The van der Waals surface area contributed by atoms with Crippen LogP contribution >= 0.6 is 0 Å². The maximum atomic E-state index is 3.51. The average Bonchev–Trinajstić information content (AvgIpc) is 2.47. The Balaban J connectivity index is 2.08. The topological polar surface area (TPSA) is 12.0 Å². The molecule has 0 radical (unpaired) electrons. The third-order valence-corrected chi connectivity index (χ3v) is 3.10. The molecule has 1 N–H and O–H groups in total. The predicted octanol–water partition coefficient (Wildman–Crippen LogP) is 2.85. The van der Waals surface area contributed by atoms with Gasteiger partial charge in [0.2, 0.25) is 0 Å². The highest BCUT2D eigenvalue weighted by Crippen LogP contribution is 2.23. The fourth-order valence-corrected chi connectivity index (χ4v) is 2.14. The van der Waals surface area contributed by atoms with E-state index in [9.17, 15) is 0 Å². The van der Waals surface area contributed by atoms with Gasteiger partial charge in [0.1, 0.15) is 0 Å². The maximum absolute atomic E-state index is 3.51. The number of hydrogen-bond acceptors (Lipinski definition) is 1. The summed E-state index contributed by atoms with van der Waals surface area (Å²) in [5.74, 6) is 0.734. The summed E-state index contributed by atoms with van der Waals surface area (Å²) in [5.41, 5.74) is 2.86. The van der Waals surface area contributed by atoms with E-state index in [0.717, 1.165) is 12.5 Å². The fraction of sp³-hybridized carbons (Fsp3) is 0.538. The van der Waals surface area contributed by atoms with Gasteiger partial charge < -0.3 is 5.32 Å². The summed E-state index contributed by atoms with van der Waals surface area (Å²) >= 11 is 0. The van der Waals surface area contributed by atoms with Crippen LogP contribution in [0.2, 0.25) is 0 Å². The molecule has 0 bridgehead atoms. The Kier molecular flexibility index (Phi) is 3.20. The van der Waals surface area contributed by atoms with Crippen molar-refractivity contribution in [1.29, 1.82) is 0 Å². The molecule has 1 heteroatoms. The van der Waals surface area contributed by atoms with E-state index in [4.69, 9.17) is 0 Å². The molecule has 76 valence electrons. The van der Waals surface area contributed by atoms with Gasteiger partial charge in [-0.1, -0.05) is 36.2 Å². The minimum Gasteiger partial charge on any atom is -0.316 e. The number of benzene rings is 1. The van der Waals surface area contributed by atoms with Crippen molar-refractivity contribution in [3.05, 3.63) is 35.4 Å². The van der Waals surface area contributed by atoms with Crippen molar-refractivity contribution in [2.75, 3.05) is 13.1 Å². The summed E-state index contributed by atoms with van der Waals surface area (Å²) < 4.78 is 0. The standard InChI is InChI=1S/C13H19N/c1-11-5-7-12(8-6-11)13-4-2-3-9-14-10-13/h5-8,13-14H,2-4,9-10H2,1H3/t13-/m1/s1. The summed E-state index contributed by atoms with van der Waals surface area (Å²) in [4.78, 5) is 0. The second-order valence-corrected chi connectivity index (χ2v) is 4.31. The molecule has 0 unspecified atom stereocenters. The van der Waals surface area contributed by atoms with Crippen molar-refractivity contribution in [3.8, 4) is 0 Å². The highest BCUT2D eigenvalue weighted by Gasteiger charge is 2.13. The highest BCUT2D eigenvalue weighted by atomic mass is 14.9. The summed E-state index contributed by atoms with van der Waals surface area (Å²) in [5, 5.41) is 3.51. The molecule has 1 aliphatic heterocycles. The molecule has 0 aromatic heterocycles. The van der Waals surface area contributed by atoms with Gasteiger partial charge in [0.05, 0.1) is 0 Å². The first-order chi connectivity index (χ1) is 6.86. The Bertz CT molecular complexity index is 268. The van der Waals surface area contributed by atoms with Crippen molar-refractivity contribution in [2.24, 2.45) is 0 Å². The van der Waals surface area contributed by atoms with Crippen LogP contribution in [0.1, 0.15) is 36.3 Å². The zero-order chi connectivity index (χ0) is 9.80. The largest absolute Gasteiger partial charge is 0.316 e. The molecule has 1 saturated heterocycles. The van der Waals surface area contributed by atoms with Gasteiger partial charge in [0, 0.05) is 6.54 Å². The minimum atomic E-state index is 0.734. The molecule has 0 spiro atoms. The van der Waals surface area contributed by atoms with E-state index in [-0.39, 0.29) is 0 Å². The number of hydrogen-bond donors (Lipinski definition) is 1. The van der Waals surface area contributed by atoms with Gasteiger partial charge in [0.15, 0.2) is 0 Å². The molecule has 1 heterocycles. The lowest BCUT2D eigenvalue weighted by molar-refractivity contribution is 0.610. The first kappa shape index (κ1) is 9.72. The maximum Gasteiger partial charge on any atom is 0.00201 e. The Hall–Kier alpha value is -0.820. The van der Waals surface area contributed by atoms with Crippen LogP contribution in [0.5, 0.6) is 0 Å². The van der Waals surface area contributed by atoms with Crippen molar-refractivity contribution >= 4 is 0 Å². The van der Waals surface area contributed by atoms with E-state index in [1.807, 2.05) is 0 Å². The number of nitrogens with one attached hydrogen (secondary N) is 1. The Labute approximate surface area is 86.5 Å². The zero-order valence-corrected chi connectivity index (χ0v) is 8.92. The Morgan fingerprint density at radius 1 is 1.14 bits per heavy atom. The van der Waals surface area contributed by atoms with Crippen LogP contribution in [-0.4, -0.2) is 13.1 Å². The van der Waals surface area contributed by atoms with Gasteiger partial charge in [-0.2, -0.15) is 0 Å². The molecule has 1 nitrogen and oxygen atoms in total. The number of rotatable bonds is 1. The lowest BCUT2D eigenvalue weighted by atomic mass is 9.94. The van der Waals surface area contributed by atoms with Crippen LogP contribution < -0.4 is 5.32 Å². The molecule has 14 heavy (non-hydrogen) atoms. The molecule has 1 aliphatic rings. The van der Waals surface area contributed by atoms with E-state index >= 15 is 0 Å². The van der Waals surface area contributed by atoms with E-state index in [1.165, 1.54) is 36.9 Å². The molecule has 1 aromatic rings. The molecule has 0 amide bonds. The summed E-state index contributed by atoms with van der Waals surface area (Å²) in [6, 6.07) is 9.01. The molecule has 0 saturated carbocycles. The lowest BCUT2D eigenvalue weighted by Gasteiger charge is -2.14. The Morgan fingerprint density at radius 3 is 2.71 bits per heavy atom. The van der Waals surface area contributed by atoms with Crippen LogP contribution in [0.15, 0.2) is 24.3 Å². The minimum absolute atomic E-state index is 0.734. The van der Waals surface area contributed by atoms with Gasteiger partial charge in [-0.3, -0.25) is 0 Å². The van der Waals surface area contributed by atoms with Gasteiger partial charge in [-0.05, 0) is 37.8 Å². The van der Waals surface area contributed by atoms with Gasteiger partial charge >= 0.3 is 0 Å². The highest BCUT2D eigenvalue weighted by molar-refractivity contribution is 5.24. The van der Waals surface area contributed by atoms with Gasteiger partial charge in [-0.15, -0.1) is 0 Å². The van der Waals surface area contributed by atoms with E-state index in [1.54, 1.807) is 0 Å². The molecule has 0 aliphatic carbocycles. The fourth-order valence-electron chi connectivity index (χ4n) is 2.14. The van der Waals surface area contributed by atoms with Crippen LogP contribution in [-0.2, 0) is 0 Å². The van der Waals surface area contributed by atoms with Crippen LogP contribution in [0, 0.1) is 6.92 Å². The second-order valence-electron chi connectivity index (χ2n) is 4.31. The third-order valence-electron chi connectivity index (χ3n) is 3.10. The third kappa shape index (κ3) is 2.36. The normalized spacial score (nSPS) is 23.1. The van der Waals surface area contributed by atoms with Crippen LogP contribution in [0.4, 0.5) is 0 Å². The monoisotopic (exact) mass is 189 g/mol. The molecule has 1 fully saturated rings. The van der Waals surface area contributed by atoms with Crippen molar-refractivity contribution in [3.63, 3.8) is 0 Å². The van der Waals surface area contributed by atoms with Gasteiger partial charge in [-0.25, -0.2) is 0 Å². The van der Waals surface area contributed by atoms with Crippen LogP contribution in [0.25, 0.3) is 0 Å². The van der Waals surface area contributed by atoms with E-state index in [0.29, 0.717) is 0 Å². The first-order valence-electron chi connectivity index (χ1n) is 5.63.